The number of ether oxygens (including phenoxy) is 1. The summed E-state index contributed by atoms with van der Waals surface area (Å²) in [6.07, 6.45) is 13.1. The van der Waals surface area contributed by atoms with Crippen LogP contribution in [-0.4, -0.2) is 6.61 Å². The molecule has 0 aromatic heterocycles. The molecule has 2 heteroatoms. The van der Waals surface area contributed by atoms with Crippen LogP contribution < -0.4 is 0 Å². The average Bonchev–Trinajstić information content (AvgIpc) is 2.56. The molecule has 0 N–H and O–H groups in total. The Labute approximate surface area is 141 Å². The summed E-state index contributed by atoms with van der Waals surface area (Å²) in [4.78, 5) is 0. The first-order chi connectivity index (χ1) is 11.0. The summed E-state index contributed by atoms with van der Waals surface area (Å²) >= 11 is 0. The lowest BCUT2D eigenvalue weighted by Gasteiger charge is -2.17. The highest BCUT2D eigenvalue weighted by molar-refractivity contribution is 5.45. The Morgan fingerprint density at radius 1 is 1.26 bits per heavy atom. The van der Waals surface area contributed by atoms with E-state index in [1.807, 2.05) is 58.1 Å². The molecule has 0 spiro atoms. The van der Waals surface area contributed by atoms with E-state index in [1.54, 1.807) is 6.08 Å². The van der Waals surface area contributed by atoms with Gasteiger partial charge >= 0.3 is 0 Å². The molecule has 0 bridgehead atoms. The van der Waals surface area contributed by atoms with Gasteiger partial charge in [-0.1, -0.05) is 50.8 Å². The second kappa shape index (κ2) is 12.7. The second-order valence-corrected chi connectivity index (χ2v) is 5.27. The third-order valence-corrected chi connectivity index (χ3v) is 3.47. The van der Waals surface area contributed by atoms with E-state index in [0.29, 0.717) is 37.2 Å². The maximum Gasteiger partial charge on any atom is 0.123 e. The van der Waals surface area contributed by atoms with Crippen LogP contribution in [0.25, 0.3) is 0 Å². The van der Waals surface area contributed by atoms with Gasteiger partial charge in [-0.25, -0.2) is 4.39 Å². The van der Waals surface area contributed by atoms with Crippen LogP contribution in [0.4, 0.5) is 4.39 Å². The molecule has 0 aliphatic rings. The molecule has 0 aromatic carbocycles. The molecule has 0 radical (unpaired) electrons. The Kier molecular flexibility index (Phi) is 11.7. The van der Waals surface area contributed by atoms with Gasteiger partial charge in [-0.05, 0) is 44.3 Å². The van der Waals surface area contributed by atoms with Crippen molar-refractivity contribution in [3.63, 3.8) is 0 Å². The van der Waals surface area contributed by atoms with E-state index in [-0.39, 0.29) is 11.7 Å². The number of hydrogen-bond acceptors (Lipinski definition) is 1. The van der Waals surface area contributed by atoms with Crippen LogP contribution in [-0.2, 0) is 4.74 Å². The van der Waals surface area contributed by atoms with Crippen LogP contribution in [0.2, 0.25) is 0 Å². The highest BCUT2D eigenvalue weighted by Gasteiger charge is 2.15. The largest absolute Gasteiger partial charge is 0.489 e. The zero-order chi connectivity index (χ0) is 17.7. The molecule has 0 aromatic rings. The van der Waals surface area contributed by atoms with Gasteiger partial charge in [-0.15, -0.1) is 6.58 Å². The summed E-state index contributed by atoms with van der Waals surface area (Å²) in [5.41, 5.74) is 1.53. The van der Waals surface area contributed by atoms with Crippen LogP contribution >= 0.6 is 0 Å². The predicted molar refractivity (Wildman–Crippen MR) is 99.8 cm³/mol. The molecule has 0 aliphatic carbocycles. The zero-order valence-electron chi connectivity index (χ0n) is 15.1. The SMILES string of the molecule is C=CCOC(=CC(C)C=C)C(=C/C)/C(CC)=C(\F)CC/C=C\C. The van der Waals surface area contributed by atoms with Gasteiger partial charge in [0.05, 0.1) is 0 Å². The summed E-state index contributed by atoms with van der Waals surface area (Å²) in [5, 5.41) is 0. The minimum absolute atomic E-state index is 0.0712. The molecule has 0 fully saturated rings. The zero-order valence-corrected chi connectivity index (χ0v) is 15.1. The molecule has 1 atom stereocenters. The molecule has 128 valence electrons. The molecule has 0 aliphatic heterocycles. The standard InChI is InChI=1S/C21H31FO/c1-7-12-13-14-20(22)18(10-4)19(11-5)21(23-15-8-2)16-17(6)9-3/h7-9,11-12,16-17H,2-3,10,13-15H2,1,4-6H3/b12-7-,19-11+,20-18-,21-16?. The van der Waals surface area contributed by atoms with Crippen molar-refractivity contribution in [2.24, 2.45) is 5.92 Å². The first kappa shape index (κ1) is 21.2. The van der Waals surface area contributed by atoms with Gasteiger partial charge in [0.25, 0.3) is 0 Å². The Bertz CT molecular complexity index is 492. The Hall–Kier alpha value is -1.83. The smallest absolute Gasteiger partial charge is 0.123 e. The monoisotopic (exact) mass is 318 g/mol. The number of allylic oxidation sites excluding steroid dienone is 7. The Morgan fingerprint density at radius 3 is 2.43 bits per heavy atom. The van der Waals surface area contributed by atoms with Gasteiger partial charge in [0, 0.05) is 12.0 Å². The molecular weight excluding hydrogens is 287 g/mol. The predicted octanol–water partition coefficient (Wildman–Crippen LogP) is 6.83. The second-order valence-electron chi connectivity index (χ2n) is 5.27. The number of halogens is 1. The van der Waals surface area contributed by atoms with Gasteiger partial charge in [0.15, 0.2) is 0 Å². The lowest BCUT2D eigenvalue weighted by Crippen LogP contribution is -2.03. The van der Waals surface area contributed by atoms with Crippen molar-refractivity contribution in [2.45, 2.75) is 47.0 Å². The van der Waals surface area contributed by atoms with E-state index in [9.17, 15) is 4.39 Å². The minimum Gasteiger partial charge on any atom is -0.489 e. The molecular formula is C21H31FO. The van der Waals surface area contributed by atoms with Crippen molar-refractivity contribution < 1.29 is 9.13 Å². The molecule has 1 unspecified atom stereocenters. The van der Waals surface area contributed by atoms with Crippen molar-refractivity contribution >= 4 is 0 Å². The van der Waals surface area contributed by atoms with Crippen LogP contribution in [0.5, 0.6) is 0 Å². The lowest BCUT2D eigenvalue weighted by molar-refractivity contribution is 0.254. The minimum atomic E-state index is -0.0712. The lowest BCUT2D eigenvalue weighted by atomic mass is 9.96. The first-order valence-corrected chi connectivity index (χ1v) is 8.29. The van der Waals surface area contributed by atoms with E-state index in [0.717, 1.165) is 5.57 Å². The van der Waals surface area contributed by atoms with Gasteiger partial charge in [0.2, 0.25) is 0 Å². The van der Waals surface area contributed by atoms with E-state index in [1.165, 1.54) is 0 Å². The molecule has 0 amide bonds. The average molecular weight is 318 g/mol. The summed E-state index contributed by atoms with van der Waals surface area (Å²) in [6.45, 7) is 15.7. The van der Waals surface area contributed by atoms with Crippen LogP contribution in [0, 0.1) is 5.92 Å². The third kappa shape index (κ3) is 7.83. The van der Waals surface area contributed by atoms with E-state index in [4.69, 9.17) is 4.74 Å². The molecule has 1 nitrogen and oxygen atoms in total. The topological polar surface area (TPSA) is 9.23 Å². The maximum absolute atomic E-state index is 14.6. The normalized spacial score (nSPS) is 15.3. The molecule has 0 heterocycles. The van der Waals surface area contributed by atoms with Crippen LogP contribution in [0.1, 0.15) is 47.0 Å². The van der Waals surface area contributed by atoms with Gasteiger partial charge in [-0.3, -0.25) is 0 Å². The van der Waals surface area contributed by atoms with Crippen molar-refractivity contribution in [2.75, 3.05) is 6.61 Å². The van der Waals surface area contributed by atoms with Crippen molar-refractivity contribution in [1.82, 2.24) is 0 Å². The number of rotatable bonds is 11. The maximum atomic E-state index is 14.6. The molecule has 23 heavy (non-hydrogen) atoms. The Balaban J connectivity index is 5.66. The quantitative estimate of drug-likeness (QED) is 0.230. The summed E-state index contributed by atoms with van der Waals surface area (Å²) in [5.74, 6) is 0.768. The van der Waals surface area contributed by atoms with Crippen molar-refractivity contribution in [3.8, 4) is 0 Å². The van der Waals surface area contributed by atoms with E-state index in [2.05, 4.69) is 13.2 Å². The number of hydrogen-bond donors (Lipinski definition) is 0. The van der Waals surface area contributed by atoms with Gasteiger partial charge < -0.3 is 4.74 Å². The summed E-state index contributed by atoms with van der Waals surface area (Å²) in [6, 6.07) is 0. The fourth-order valence-electron chi connectivity index (χ4n) is 2.19. The highest BCUT2D eigenvalue weighted by Crippen LogP contribution is 2.30. The van der Waals surface area contributed by atoms with Crippen molar-refractivity contribution in [1.29, 1.82) is 0 Å². The van der Waals surface area contributed by atoms with E-state index < -0.39 is 0 Å². The molecule has 0 saturated heterocycles. The first-order valence-electron chi connectivity index (χ1n) is 8.29. The fourth-order valence-corrected chi connectivity index (χ4v) is 2.19. The third-order valence-electron chi connectivity index (χ3n) is 3.47. The summed E-state index contributed by atoms with van der Waals surface area (Å²) < 4.78 is 20.4. The van der Waals surface area contributed by atoms with E-state index >= 15 is 0 Å². The van der Waals surface area contributed by atoms with Crippen molar-refractivity contribution in [3.05, 3.63) is 72.3 Å². The van der Waals surface area contributed by atoms with Crippen LogP contribution in [0.3, 0.4) is 0 Å². The molecule has 0 rings (SSSR count). The highest BCUT2D eigenvalue weighted by atomic mass is 19.1. The Morgan fingerprint density at radius 2 is 1.96 bits per heavy atom. The van der Waals surface area contributed by atoms with Crippen LogP contribution in [0.15, 0.2) is 72.3 Å². The van der Waals surface area contributed by atoms with Gasteiger partial charge in [0.1, 0.15) is 18.2 Å². The fraction of sp³-hybridized carbons (Fsp3) is 0.429. The summed E-state index contributed by atoms with van der Waals surface area (Å²) in [7, 11) is 0. The van der Waals surface area contributed by atoms with Gasteiger partial charge in [-0.2, -0.15) is 0 Å². The molecule has 0 saturated carbocycles.